The average molecular weight is 429 g/mol. The van der Waals surface area contributed by atoms with Crippen molar-refractivity contribution in [2.45, 2.75) is 18.7 Å². The van der Waals surface area contributed by atoms with Gasteiger partial charge in [0.15, 0.2) is 16.7 Å². The van der Waals surface area contributed by atoms with Crippen molar-refractivity contribution in [1.82, 2.24) is 4.72 Å². The molecule has 0 bridgehead atoms. The Morgan fingerprint density at radius 2 is 1.90 bits per heavy atom. The predicted octanol–water partition coefficient (Wildman–Crippen LogP) is 3.31. The molecule has 30 heavy (non-hydrogen) atoms. The van der Waals surface area contributed by atoms with Crippen LogP contribution in [0.25, 0.3) is 11.0 Å². The van der Waals surface area contributed by atoms with Crippen molar-refractivity contribution >= 4 is 45.1 Å². The zero-order valence-electron chi connectivity index (χ0n) is 17.1. The van der Waals surface area contributed by atoms with Gasteiger partial charge in [0.05, 0.1) is 6.61 Å². The van der Waals surface area contributed by atoms with Crippen molar-refractivity contribution in [3.05, 3.63) is 48.2 Å². The molecule has 0 radical (unpaired) electrons. The number of nitrogens with one attached hydrogen (secondary N) is 2. The Bertz CT molecular complexity index is 1120. The van der Waals surface area contributed by atoms with E-state index in [4.69, 9.17) is 9.15 Å². The molecule has 2 N–H and O–H groups in total. The van der Waals surface area contributed by atoms with Crippen LogP contribution in [0.3, 0.4) is 0 Å². The molecular weight excluding hydrogens is 406 g/mol. The molecule has 2 aromatic carbocycles. The van der Waals surface area contributed by atoms with Crippen LogP contribution in [-0.4, -0.2) is 36.7 Å². The van der Waals surface area contributed by atoms with E-state index in [2.05, 4.69) is 10.0 Å². The summed E-state index contributed by atoms with van der Waals surface area (Å²) in [5.74, 6) is -0.488. The third-order valence-corrected chi connectivity index (χ3v) is 5.28. The molecule has 8 nitrogen and oxygen atoms in total. The highest BCUT2D eigenvalue weighted by atomic mass is 32.2. The van der Waals surface area contributed by atoms with Gasteiger partial charge in [0.1, 0.15) is 16.2 Å². The number of rotatable bonds is 7. The number of carbonyl (C=O) groups excluding carboxylic acids is 2. The van der Waals surface area contributed by atoms with Gasteiger partial charge in [0.25, 0.3) is 5.91 Å². The van der Waals surface area contributed by atoms with Gasteiger partial charge >= 0.3 is 0 Å². The summed E-state index contributed by atoms with van der Waals surface area (Å²) in [6.45, 7) is 3.52. The molecule has 0 saturated heterocycles. The summed E-state index contributed by atoms with van der Waals surface area (Å²) < 4.78 is 26.4. The molecule has 1 heterocycles. The smallest absolute Gasteiger partial charge is 0.298 e. The fourth-order valence-corrected chi connectivity index (χ4v) is 3.73. The molecule has 3 rings (SSSR count). The molecule has 1 atom stereocenters. The lowest BCUT2D eigenvalue weighted by molar-refractivity contribution is -0.114. The largest absolute Gasteiger partial charge is 0.493 e. The van der Waals surface area contributed by atoms with Gasteiger partial charge in [-0.15, -0.1) is 0 Å². The maximum Gasteiger partial charge on any atom is 0.298 e. The molecule has 9 heteroatoms. The number of carbonyl (C=O) groups is 2. The van der Waals surface area contributed by atoms with Crippen LogP contribution in [0.15, 0.2) is 51.8 Å². The zero-order chi connectivity index (χ0) is 21.8. The number of benzene rings is 2. The Morgan fingerprint density at radius 1 is 1.13 bits per heavy atom. The van der Waals surface area contributed by atoms with Crippen molar-refractivity contribution in [2.24, 2.45) is 0 Å². The van der Waals surface area contributed by atoms with Gasteiger partial charge in [0.2, 0.25) is 5.91 Å². The molecule has 0 saturated carbocycles. The van der Waals surface area contributed by atoms with Crippen LogP contribution < -0.4 is 19.7 Å². The first-order chi connectivity index (χ1) is 14.3. The maximum absolute atomic E-state index is 12.9. The molecule has 1 aromatic heterocycles. The highest BCUT2D eigenvalue weighted by Gasteiger charge is 2.19. The second-order valence-electron chi connectivity index (χ2n) is 6.70. The normalized spacial score (nSPS) is 11.7. The quantitative estimate of drug-likeness (QED) is 0.598. The third-order valence-electron chi connectivity index (χ3n) is 4.19. The van der Waals surface area contributed by atoms with Gasteiger partial charge in [-0.05, 0) is 43.3 Å². The summed E-state index contributed by atoms with van der Waals surface area (Å²) in [5, 5.41) is 3.39. The van der Waals surface area contributed by atoms with E-state index in [0.717, 1.165) is 11.1 Å². The maximum atomic E-state index is 12.9. The number of furan rings is 1. The molecule has 0 aliphatic carbocycles. The Morgan fingerprint density at radius 3 is 2.57 bits per heavy atom. The Balaban J connectivity index is 1.85. The van der Waals surface area contributed by atoms with Crippen LogP contribution in [-0.2, 0) is 15.8 Å². The summed E-state index contributed by atoms with van der Waals surface area (Å²) in [6, 6.07) is 11.9. The number of ether oxygens (including phenoxy) is 1. The van der Waals surface area contributed by atoms with Crippen molar-refractivity contribution in [2.75, 3.05) is 30.9 Å². The minimum absolute atomic E-state index is 0.0465. The molecular formula is C21H23N3O5S. The standard InChI is InChI=1S/C21H23N3O5S/c1-5-28-17-9-7-15(22-13(2)25)11-20(17)30(27)23-21(26)19-10-14-6-8-16(24(3)4)12-18(14)29-19/h6-12H,5H2,1-4H3,(H,22,25)(H,23,26). The van der Waals surface area contributed by atoms with Crippen molar-refractivity contribution in [3.63, 3.8) is 0 Å². The van der Waals surface area contributed by atoms with Gasteiger partial charge in [0, 0.05) is 43.8 Å². The lowest BCUT2D eigenvalue weighted by Crippen LogP contribution is -2.25. The van der Waals surface area contributed by atoms with E-state index in [0.29, 0.717) is 23.6 Å². The highest BCUT2D eigenvalue weighted by molar-refractivity contribution is 7.83. The first-order valence-electron chi connectivity index (χ1n) is 9.26. The zero-order valence-corrected chi connectivity index (χ0v) is 18.0. The van der Waals surface area contributed by atoms with Gasteiger partial charge < -0.3 is 19.4 Å². The van der Waals surface area contributed by atoms with Gasteiger partial charge in [-0.3, -0.25) is 14.3 Å². The molecule has 0 aliphatic heterocycles. The lowest BCUT2D eigenvalue weighted by atomic mass is 10.2. The molecule has 0 spiro atoms. The summed E-state index contributed by atoms with van der Waals surface area (Å²) in [7, 11) is 1.89. The Hall–Kier alpha value is -3.33. The molecule has 0 fully saturated rings. The first kappa shape index (κ1) is 21.4. The average Bonchev–Trinajstić information content (AvgIpc) is 3.12. The summed E-state index contributed by atoms with van der Waals surface area (Å²) in [6.07, 6.45) is 0. The Kier molecular flexibility index (Phi) is 6.41. The van der Waals surface area contributed by atoms with E-state index in [-0.39, 0.29) is 16.6 Å². The second-order valence-corrected chi connectivity index (χ2v) is 7.88. The van der Waals surface area contributed by atoms with E-state index in [1.807, 2.05) is 37.2 Å². The summed E-state index contributed by atoms with van der Waals surface area (Å²) in [4.78, 5) is 26.1. The lowest BCUT2D eigenvalue weighted by Gasteiger charge is -2.12. The molecule has 2 amide bonds. The number of hydrogen-bond donors (Lipinski definition) is 2. The fourth-order valence-electron chi connectivity index (χ4n) is 2.81. The number of amides is 2. The van der Waals surface area contributed by atoms with Crippen LogP contribution in [0, 0.1) is 0 Å². The molecule has 3 aromatic rings. The molecule has 0 aliphatic rings. The minimum atomic E-state index is -1.93. The topological polar surface area (TPSA) is 101 Å². The van der Waals surface area contributed by atoms with Crippen LogP contribution in [0.2, 0.25) is 0 Å². The van der Waals surface area contributed by atoms with Gasteiger partial charge in [-0.2, -0.15) is 0 Å². The van der Waals surface area contributed by atoms with Crippen molar-refractivity contribution in [3.8, 4) is 5.75 Å². The van der Waals surface area contributed by atoms with Crippen LogP contribution in [0.4, 0.5) is 11.4 Å². The van der Waals surface area contributed by atoms with Crippen molar-refractivity contribution < 1.29 is 23.0 Å². The van der Waals surface area contributed by atoms with E-state index in [1.165, 1.54) is 13.0 Å². The SMILES string of the molecule is CCOc1ccc(NC(C)=O)cc1S(=O)NC(=O)c1cc2ccc(N(C)C)cc2o1. The monoisotopic (exact) mass is 429 g/mol. The van der Waals surface area contributed by atoms with E-state index in [1.54, 1.807) is 25.1 Å². The van der Waals surface area contributed by atoms with Crippen LogP contribution in [0.5, 0.6) is 5.75 Å². The summed E-state index contributed by atoms with van der Waals surface area (Å²) >= 11 is 0. The predicted molar refractivity (Wildman–Crippen MR) is 116 cm³/mol. The van der Waals surface area contributed by atoms with Crippen molar-refractivity contribution in [1.29, 1.82) is 0 Å². The summed E-state index contributed by atoms with van der Waals surface area (Å²) in [5.41, 5.74) is 1.94. The van der Waals surface area contributed by atoms with Crippen LogP contribution in [0.1, 0.15) is 24.4 Å². The van der Waals surface area contributed by atoms with Gasteiger partial charge in [-0.25, -0.2) is 4.21 Å². The Labute approximate surface area is 176 Å². The fraction of sp³-hybridized carbons (Fsp3) is 0.238. The number of fused-ring (bicyclic) bond motifs is 1. The van der Waals surface area contributed by atoms with E-state index < -0.39 is 16.9 Å². The first-order valence-corrected chi connectivity index (χ1v) is 10.4. The molecule has 158 valence electrons. The van der Waals surface area contributed by atoms with E-state index >= 15 is 0 Å². The second kappa shape index (κ2) is 9.00. The highest BCUT2D eigenvalue weighted by Crippen LogP contribution is 2.27. The molecule has 1 unspecified atom stereocenters. The van der Waals surface area contributed by atoms with E-state index in [9.17, 15) is 13.8 Å². The number of anilines is 2. The number of nitrogens with zero attached hydrogens (tertiary/aromatic N) is 1. The van der Waals surface area contributed by atoms with Crippen LogP contribution >= 0.6 is 0 Å². The minimum Gasteiger partial charge on any atom is -0.493 e. The number of hydrogen-bond acceptors (Lipinski definition) is 6. The third kappa shape index (κ3) is 4.80. The van der Waals surface area contributed by atoms with Gasteiger partial charge in [-0.1, -0.05) is 0 Å².